The van der Waals surface area contributed by atoms with Gasteiger partial charge in [0.1, 0.15) is 34.8 Å². The van der Waals surface area contributed by atoms with Gasteiger partial charge in [0.2, 0.25) is 0 Å². The van der Waals surface area contributed by atoms with Crippen molar-refractivity contribution in [2.24, 2.45) is 0 Å². The molecule has 226 valence electrons. The van der Waals surface area contributed by atoms with Crippen molar-refractivity contribution in [3.05, 3.63) is 127 Å². The second kappa shape index (κ2) is 14.8. The molecule has 0 aliphatic carbocycles. The smallest absolute Gasteiger partial charge is 0.340 e. The van der Waals surface area contributed by atoms with Gasteiger partial charge in [0, 0.05) is 25.0 Å². The number of aromatic carboxylic acids is 1. The second-order valence-electron chi connectivity index (χ2n) is 8.86. The second-order valence-corrected chi connectivity index (χ2v) is 9.68. The number of esters is 1. The molecule has 0 radical (unpaired) electrons. The van der Waals surface area contributed by atoms with Gasteiger partial charge in [-0.3, -0.25) is 0 Å². The van der Waals surface area contributed by atoms with Crippen molar-refractivity contribution in [2.75, 3.05) is 21.3 Å². The molecule has 6 nitrogen and oxygen atoms in total. The summed E-state index contributed by atoms with van der Waals surface area (Å²) in [6.45, 7) is 0. The van der Waals surface area contributed by atoms with E-state index in [0.717, 1.165) is 25.3 Å². The standard InChI is InChI=1S/C16H13ClF2O3.C15H11ClF2O3/c1-21-14-8-13(18)11(16(20)22-2)7-10(14)6-9-4-3-5-12(17)15(9)19;1-21-13-7-12(17)10(15(19)20)6-9(13)5-8-3-2-4-11(16)14(8)18/h3-5,7-8H,6H2,1-2H3;2-4,6-7H,5H2,1H3,(H,19,20). The topological polar surface area (TPSA) is 82.1 Å². The van der Waals surface area contributed by atoms with Crippen molar-refractivity contribution in [1.82, 2.24) is 0 Å². The number of hydrogen-bond donors (Lipinski definition) is 1. The summed E-state index contributed by atoms with van der Waals surface area (Å²) in [5.41, 5.74) is 0.661. The predicted octanol–water partition coefficient (Wildman–Crippen LogP) is 7.92. The third-order valence-corrected chi connectivity index (χ3v) is 6.78. The van der Waals surface area contributed by atoms with Crippen LogP contribution in [-0.4, -0.2) is 38.4 Å². The van der Waals surface area contributed by atoms with E-state index in [1.807, 2.05) is 0 Å². The third kappa shape index (κ3) is 7.97. The number of carboxylic acid groups (broad SMARTS) is 1. The summed E-state index contributed by atoms with van der Waals surface area (Å²) in [7, 11) is 3.85. The van der Waals surface area contributed by atoms with Crippen LogP contribution in [0, 0.1) is 23.3 Å². The van der Waals surface area contributed by atoms with Crippen molar-refractivity contribution in [3.63, 3.8) is 0 Å². The Balaban J connectivity index is 0.000000236. The maximum absolute atomic E-state index is 14.0. The van der Waals surface area contributed by atoms with Crippen molar-refractivity contribution in [3.8, 4) is 11.5 Å². The summed E-state index contributed by atoms with van der Waals surface area (Å²) in [4.78, 5) is 22.5. The molecule has 43 heavy (non-hydrogen) atoms. The summed E-state index contributed by atoms with van der Waals surface area (Å²) in [5, 5.41) is 8.90. The first-order chi connectivity index (χ1) is 20.4. The molecule has 0 heterocycles. The normalized spacial score (nSPS) is 10.4. The van der Waals surface area contributed by atoms with Crippen molar-refractivity contribution in [2.45, 2.75) is 12.8 Å². The molecule has 0 aliphatic heterocycles. The van der Waals surface area contributed by atoms with Gasteiger partial charge in [-0.15, -0.1) is 0 Å². The summed E-state index contributed by atoms with van der Waals surface area (Å²) < 4.78 is 70.0. The Labute approximate surface area is 254 Å². The Morgan fingerprint density at radius 2 is 1.09 bits per heavy atom. The average molecular weight is 639 g/mol. The van der Waals surface area contributed by atoms with Gasteiger partial charge in [-0.2, -0.15) is 0 Å². The molecule has 1 N–H and O–H groups in total. The van der Waals surface area contributed by atoms with Crippen LogP contribution in [0.15, 0.2) is 60.7 Å². The van der Waals surface area contributed by atoms with Gasteiger partial charge in [0.15, 0.2) is 0 Å². The van der Waals surface area contributed by atoms with Gasteiger partial charge in [0.05, 0.1) is 42.5 Å². The van der Waals surface area contributed by atoms with Gasteiger partial charge in [-0.1, -0.05) is 47.5 Å². The van der Waals surface area contributed by atoms with Crippen LogP contribution in [0.25, 0.3) is 0 Å². The maximum Gasteiger partial charge on any atom is 0.340 e. The third-order valence-electron chi connectivity index (χ3n) is 6.20. The van der Waals surface area contributed by atoms with E-state index in [1.54, 1.807) is 18.2 Å². The average Bonchev–Trinajstić information content (AvgIpc) is 2.98. The SMILES string of the molecule is COC(=O)c1cc(Cc2cccc(Cl)c2F)c(OC)cc1F.COc1cc(F)c(C(=O)O)cc1Cc1cccc(Cl)c1F. The van der Waals surface area contributed by atoms with Crippen LogP contribution < -0.4 is 9.47 Å². The van der Waals surface area contributed by atoms with Crippen LogP contribution in [-0.2, 0) is 17.6 Å². The zero-order valence-corrected chi connectivity index (χ0v) is 24.5. The number of benzene rings is 4. The number of carboxylic acids is 1. The summed E-state index contributed by atoms with van der Waals surface area (Å²) in [6.07, 6.45) is 0.135. The first-order valence-electron chi connectivity index (χ1n) is 12.3. The van der Waals surface area contributed by atoms with Gasteiger partial charge < -0.3 is 19.3 Å². The van der Waals surface area contributed by atoms with Gasteiger partial charge in [-0.05, 0) is 46.5 Å². The van der Waals surface area contributed by atoms with E-state index in [9.17, 15) is 27.2 Å². The Bertz CT molecular complexity index is 1660. The van der Waals surface area contributed by atoms with Gasteiger partial charge >= 0.3 is 11.9 Å². The molecule has 4 aromatic carbocycles. The molecule has 12 heteroatoms. The zero-order chi connectivity index (χ0) is 31.8. The molecule has 0 fully saturated rings. The van der Waals surface area contributed by atoms with Crippen LogP contribution in [0.5, 0.6) is 11.5 Å². The number of rotatable bonds is 8. The number of ether oxygens (including phenoxy) is 3. The number of carbonyl (C=O) groups is 2. The van der Waals surface area contributed by atoms with Crippen molar-refractivity contribution >= 4 is 35.1 Å². The Hall–Kier alpha value is -4.28. The van der Waals surface area contributed by atoms with Crippen LogP contribution in [0.1, 0.15) is 43.0 Å². The fraction of sp³-hybridized carbons (Fsp3) is 0.161. The Morgan fingerprint density at radius 1 is 0.674 bits per heavy atom. The molecule has 4 aromatic rings. The molecule has 0 bridgehead atoms. The molecule has 0 aromatic heterocycles. The minimum atomic E-state index is -1.40. The van der Waals surface area contributed by atoms with Gasteiger partial charge in [-0.25, -0.2) is 27.2 Å². The van der Waals surface area contributed by atoms with E-state index in [1.165, 1.54) is 38.5 Å². The van der Waals surface area contributed by atoms with Crippen LogP contribution in [0.3, 0.4) is 0 Å². The Kier molecular flexibility index (Phi) is 11.4. The molecule has 0 unspecified atom stereocenters. The monoisotopic (exact) mass is 638 g/mol. The van der Waals surface area contributed by atoms with E-state index in [4.69, 9.17) is 37.8 Å². The van der Waals surface area contributed by atoms with E-state index in [2.05, 4.69) is 4.74 Å². The molecule has 0 aliphatic rings. The molecule has 0 atom stereocenters. The predicted molar refractivity (Wildman–Crippen MR) is 153 cm³/mol. The molecule has 4 rings (SSSR count). The molecule has 0 saturated heterocycles. The zero-order valence-electron chi connectivity index (χ0n) is 22.9. The minimum absolute atomic E-state index is 0.00762. The number of halogens is 6. The van der Waals surface area contributed by atoms with Crippen LogP contribution >= 0.6 is 23.2 Å². The fourth-order valence-corrected chi connectivity index (χ4v) is 4.45. The molecule has 0 amide bonds. The largest absolute Gasteiger partial charge is 0.496 e. The highest BCUT2D eigenvalue weighted by molar-refractivity contribution is 6.31. The molecular formula is C31H24Cl2F4O6. The van der Waals surface area contributed by atoms with Crippen LogP contribution in [0.4, 0.5) is 17.6 Å². The number of methoxy groups -OCH3 is 3. The molecule has 0 spiro atoms. The van der Waals surface area contributed by atoms with E-state index < -0.39 is 40.8 Å². The van der Waals surface area contributed by atoms with Crippen molar-refractivity contribution < 1.29 is 46.5 Å². The summed E-state index contributed by atoms with van der Waals surface area (Å²) >= 11 is 11.4. The summed E-state index contributed by atoms with van der Waals surface area (Å²) in [6, 6.07) is 13.6. The molecular weight excluding hydrogens is 615 g/mol. The molecule has 0 saturated carbocycles. The first-order valence-corrected chi connectivity index (χ1v) is 13.1. The Morgan fingerprint density at radius 3 is 1.49 bits per heavy atom. The quantitative estimate of drug-likeness (QED) is 0.156. The van der Waals surface area contributed by atoms with Gasteiger partial charge in [0.25, 0.3) is 0 Å². The first kappa shape index (κ1) is 33.2. The highest BCUT2D eigenvalue weighted by atomic mass is 35.5. The lowest BCUT2D eigenvalue weighted by molar-refractivity contribution is 0.0594. The fourth-order valence-electron chi connectivity index (χ4n) is 4.07. The van der Waals surface area contributed by atoms with E-state index in [0.29, 0.717) is 16.7 Å². The summed E-state index contributed by atoms with van der Waals surface area (Å²) in [5.74, 6) is -4.68. The minimum Gasteiger partial charge on any atom is -0.496 e. The highest BCUT2D eigenvalue weighted by Crippen LogP contribution is 2.29. The lowest BCUT2D eigenvalue weighted by atomic mass is 10.0. The number of hydrogen-bond acceptors (Lipinski definition) is 5. The van der Waals surface area contributed by atoms with Crippen LogP contribution in [0.2, 0.25) is 10.0 Å². The van der Waals surface area contributed by atoms with E-state index >= 15 is 0 Å². The highest BCUT2D eigenvalue weighted by Gasteiger charge is 2.19. The lowest BCUT2D eigenvalue weighted by Gasteiger charge is -2.12. The lowest BCUT2D eigenvalue weighted by Crippen LogP contribution is -2.07. The van der Waals surface area contributed by atoms with Crippen molar-refractivity contribution in [1.29, 1.82) is 0 Å². The van der Waals surface area contributed by atoms with E-state index in [-0.39, 0.29) is 45.5 Å². The number of carbonyl (C=O) groups excluding carboxylic acids is 1. The maximum atomic E-state index is 14.0.